The Morgan fingerprint density at radius 3 is 2.08 bits per heavy atom. The fraction of sp³-hybridized carbons (Fsp3) is 0.324. The molecule has 0 radical (unpaired) electrons. The average molecular weight is 718 g/mol. The minimum absolute atomic E-state index is 0.00783. The Hall–Kier alpha value is -4.27. The van der Waals surface area contributed by atoms with E-state index in [4.69, 9.17) is 4.74 Å². The van der Waals surface area contributed by atoms with Gasteiger partial charge in [-0.15, -0.1) is 0 Å². The number of nitrogens with one attached hydrogen (secondary N) is 2. The van der Waals surface area contributed by atoms with Crippen LogP contribution >= 0.6 is 0 Å². The molecule has 1 amide bonds. The molecule has 0 saturated carbocycles. The van der Waals surface area contributed by atoms with Crippen LogP contribution in [-0.2, 0) is 31.3 Å². The van der Waals surface area contributed by atoms with Crippen molar-refractivity contribution in [3.63, 3.8) is 0 Å². The second-order valence-electron chi connectivity index (χ2n) is 12.5. The van der Waals surface area contributed by atoms with E-state index in [1.165, 1.54) is 6.07 Å². The zero-order chi connectivity index (χ0) is 35.1. The van der Waals surface area contributed by atoms with Gasteiger partial charge in [-0.25, -0.2) is 16.8 Å². The Balaban J connectivity index is 1.14. The van der Waals surface area contributed by atoms with Crippen LogP contribution in [0.1, 0.15) is 29.3 Å². The number of rotatable bonds is 12. The molecule has 2 aliphatic rings. The molecule has 11 nitrogen and oxygen atoms in total. The molecular formula is C37H43N5O6S2. The van der Waals surface area contributed by atoms with Crippen LogP contribution in [0.15, 0.2) is 102 Å². The number of benzene rings is 4. The quantitative estimate of drug-likeness (QED) is 0.207. The predicted molar refractivity (Wildman–Crippen MR) is 197 cm³/mol. The summed E-state index contributed by atoms with van der Waals surface area (Å²) in [5, 5.41) is 2.89. The zero-order valence-electron chi connectivity index (χ0n) is 28.1. The van der Waals surface area contributed by atoms with Crippen molar-refractivity contribution in [2.45, 2.75) is 24.8 Å². The van der Waals surface area contributed by atoms with Crippen LogP contribution in [0.3, 0.4) is 0 Å². The summed E-state index contributed by atoms with van der Waals surface area (Å²) in [5.74, 6) is -0.261. The van der Waals surface area contributed by atoms with Gasteiger partial charge in [-0.2, -0.15) is 4.31 Å². The fourth-order valence-corrected chi connectivity index (χ4v) is 9.03. The van der Waals surface area contributed by atoms with Gasteiger partial charge in [-0.05, 0) is 66.1 Å². The Kier molecular flexibility index (Phi) is 11.2. The second kappa shape index (κ2) is 15.7. The summed E-state index contributed by atoms with van der Waals surface area (Å²) in [6, 6.07) is 28.6. The summed E-state index contributed by atoms with van der Waals surface area (Å²) in [4.78, 5) is 17.8. The van der Waals surface area contributed by atoms with Crippen LogP contribution in [0, 0.1) is 0 Å². The molecule has 13 heteroatoms. The van der Waals surface area contributed by atoms with Crippen LogP contribution in [0.5, 0.6) is 0 Å². The number of morpholine rings is 1. The van der Waals surface area contributed by atoms with Crippen LogP contribution < -0.4 is 14.9 Å². The van der Waals surface area contributed by atoms with Gasteiger partial charge in [0.25, 0.3) is 15.9 Å². The van der Waals surface area contributed by atoms with Crippen molar-refractivity contribution in [3.05, 3.63) is 108 Å². The lowest BCUT2D eigenvalue weighted by molar-refractivity contribution is 0.102. The van der Waals surface area contributed by atoms with Gasteiger partial charge in [0.15, 0.2) is 0 Å². The van der Waals surface area contributed by atoms with Crippen LogP contribution in [0.25, 0.3) is 11.1 Å². The minimum atomic E-state index is -4.10. The molecule has 0 unspecified atom stereocenters. The third-order valence-electron chi connectivity index (χ3n) is 8.92. The number of nitrogens with zero attached hydrogens (tertiary/aromatic N) is 3. The van der Waals surface area contributed by atoms with Gasteiger partial charge in [0.1, 0.15) is 0 Å². The number of amides is 1. The maximum Gasteiger partial charge on any atom is 0.262 e. The molecule has 0 atom stereocenters. The number of sulfonamides is 2. The van der Waals surface area contributed by atoms with E-state index < -0.39 is 26.0 Å². The fourth-order valence-electron chi connectivity index (χ4n) is 6.22. The SMILES string of the molecule is CCCS(=O)(=O)N1CCN(Cc2ccc(NC(=O)c3ccc(-c4ccccc4)c(S(=O)(=O)Nc4ccc(N5CCOCC5)cc4)c3)cc2)CC1. The van der Waals surface area contributed by atoms with Gasteiger partial charge in [-0.3, -0.25) is 14.4 Å². The number of anilines is 3. The molecule has 4 aromatic carbocycles. The highest BCUT2D eigenvalue weighted by atomic mass is 32.2. The zero-order valence-corrected chi connectivity index (χ0v) is 29.8. The van der Waals surface area contributed by atoms with Crippen LogP contribution in [0.2, 0.25) is 0 Å². The number of piperazine rings is 1. The van der Waals surface area contributed by atoms with Crippen molar-refractivity contribution in [2.75, 3.05) is 73.2 Å². The summed E-state index contributed by atoms with van der Waals surface area (Å²) in [6.45, 7) is 7.66. The Morgan fingerprint density at radius 1 is 0.760 bits per heavy atom. The predicted octanol–water partition coefficient (Wildman–Crippen LogP) is 5.10. The maximum absolute atomic E-state index is 13.9. The van der Waals surface area contributed by atoms with Gasteiger partial charge in [0.2, 0.25) is 10.0 Å². The largest absolute Gasteiger partial charge is 0.378 e. The number of ether oxygens (including phenoxy) is 1. The third-order valence-corrected chi connectivity index (χ3v) is 12.4. The molecule has 4 aromatic rings. The highest BCUT2D eigenvalue weighted by molar-refractivity contribution is 7.92. The first-order chi connectivity index (χ1) is 24.1. The molecule has 2 saturated heterocycles. The first-order valence-electron chi connectivity index (χ1n) is 16.9. The number of hydrogen-bond donors (Lipinski definition) is 2. The third kappa shape index (κ3) is 8.71. The van der Waals surface area contributed by atoms with Crippen LogP contribution in [0.4, 0.5) is 17.1 Å². The molecule has 0 spiro atoms. The molecule has 6 rings (SSSR count). The molecule has 2 N–H and O–H groups in total. The second-order valence-corrected chi connectivity index (χ2v) is 16.2. The molecule has 0 aliphatic carbocycles. The monoisotopic (exact) mass is 717 g/mol. The van der Waals surface area contributed by atoms with E-state index in [1.54, 1.807) is 28.6 Å². The molecule has 264 valence electrons. The lowest BCUT2D eigenvalue weighted by atomic mass is 10.0. The standard InChI is InChI=1S/C37H43N5O6S2/c1-2-26-49(44,45)42-20-18-40(19-21-42)28-29-8-11-32(12-9-29)38-37(43)31-10-17-35(30-6-4-3-5-7-30)36(27-31)50(46,47)39-33-13-15-34(16-14-33)41-22-24-48-25-23-41/h3-17,27,39H,2,18-26,28H2,1H3,(H,38,43). The topological polar surface area (TPSA) is 128 Å². The average Bonchev–Trinajstić information content (AvgIpc) is 3.13. The Morgan fingerprint density at radius 2 is 1.42 bits per heavy atom. The van der Waals surface area contributed by atoms with E-state index in [0.717, 1.165) is 24.3 Å². The number of carbonyl (C=O) groups excluding carboxylic acids is 1. The summed E-state index contributed by atoms with van der Waals surface area (Å²) >= 11 is 0. The van der Waals surface area contributed by atoms with Crippen molar-refractivity contribution in [1.29, 1.82) is 0 Å². The van der Waals surface area contributed by atoms with Crippen molar-refractivity contribution >= 4 is 43.0 Å². The molecule has 0 bridgehead atoms. The van der Waals surface area contributed by atoms with E-state index in [9.17, 15) is 21.6 Å². The van der Waals surface area contributed by atoms with Gasteiger partial charge < -0.3 is 15.0 Å². The van der Waals surface area contributed by atoms with Gasteiger partial charge in [-0.1, -0.05) is 55.5 Å². The summed E-state index contributed by atoms with van der Waals surface area (Å²) < 4.78 is 62.3. The summed E-state index contributed by atoms with van der Waals surface area (Å²) in [7, 11) is -7.29. The number of carbonyl (C=O) groups is 1. The molecule has 2 fully saturated rings. The smallest absolute Gasteiger partial charge is 0.262 e. The first-order valence-corrected chi connectivity index (χ1v) is 20.0. The van der Waals surface area contributed by atoms with E-state index >= 15 is 0 Å². The molecule has 50 heavy (non-hydrogen) atoms. The van der Waals surface area contributed by atoms with Crippen LogP contribution in [-0.4, -0.2) is 90.2 Å². The molecule has 2 heterocycles. The lowest BCUT2D eigenvalue weighted by Crippen LogP contribution is -2.48. The Labute approximate surface area is 295 Å². The summed E-state index contributed by atoms with van der Waals surface area (Å²) in [5.41, 5.74) is 4.41. The first kappa shape index (κ1) is 35.6. The summed E-state index contributed by atoms with van der Waals surface area (Å²) in [6.07, 6.45) is 0.604. The van der Waals surface area contributed by atoms with E-state index in [1.807, 2.05) is 73.7 Å². The highest BCUT2D eigenvalue weighted by Gasteiger charge is 2.26. The number of hydrogen-bond acceptors (Lipinski definition) is 8. The van der Waals surface area contributed by atoms with Gasteiger partial charge in [0.05, 0.1) is 23.9 Å². The molecule has 0 aromatic heterocycles. The molecular weight excluding hydrogens is 675 g/mol. The Bertz CT molecular complexity index is 1980. The van der Waals surface area contributed by atoms with E-state index in [0.29, 0.717) is 74.9 Å². The van der Waals surface area contributed by atoms with E-state index in [2.05, 4.69) is 19.8 Å². The van der Waals surface area contributed by atoms with Crippen molar-refractivity contribution < 1.29 is 26.4 Å². The minimum Gasteiger partial charge on any atom is -0.378 e. The maximum atomic E-state index is 13.9. The normalized spacial score (nSPS) is 16.2. The van der Waals surface area contributed by atoms with Gasteiger partial charge >= 0.3 is 0 Å². The van der Waals surface area contributed by atoms with E-state index in [-0.39, 0.29) is 16.2 Å². The lowest BCUT2D eigenvalue weighted by Gasteiger charge is -2.34. The van der Waals surface area contributed by atoms with Crippen molar-refractivity contribution in [2.24, 2.45) is 0 Å². The highest BCUT2D eigenvalue weighted by Crippen LogP contribution is 2.31. The van der Waals surface area contributed by atoms with Gasteiger partial charge in [0, 0.05) is 74.0 Å². The molecule has 2 aliphatic heterocycles. The van der Waals surface area contributed by atoms with Crippen molar-refractivity contribution in [3.8, 4) is 11.1 Å². The van der Waals surface area contributed by atoms with Crippen molar-refractivity contribution in [1.82, 2.24) is 9.21 Å².